The molecule has 19 heavy (non-hydrogen) atoms. The lowest BCUT2D eigenvalue weighted by Gasteiger charge is -2.15. The molecule has 4 heteroatoms. The van der Waals surface area contributed by atoms with Crippen LogP contribution in [0.15, 0.2) is 42.0 Å². The molecular weight excluding hydrogens is 254 g/mol. The minimum absolute atomic E-state index is 0.193. The summed E-state index contributed by atoms with van der Waals surface area (Å²) in [5.41, 5.74) is 5.20. The molecule has 0 saturated heterocycles. The Labute approximate surface area is 116 Å². The van der Waals surface area contributed by atoms with Crippen molar-refractivity contribution in [3.05, 3.63) is 58.2 Å². The first-order chi connectivity index (χ1) is 9.28. The number of hydrogen-bond acceptors (Lipinski definition) is 4. The van der Waals surface area contributed by atoms with E-state index in [2.05, 4.69) is 39.6 Å². The maximum absolute atomic E-state index is 4.53. The molecule has 0 radical (unpaired) electrons. The minimum Gasteiger partial charge on any atom is -0.309 e. The lowest BCUT2D eigenvalue weighted by molar-refractivity contribution is 0.703. The molecule has 1 unspecified atom stereocenters. The van der Waals surface area contributed by atoms with Crippen molar-refractivity contribution in [1.29, 1.82) is 0 Å². The molecule has 2 heterocycles. The van der Waals surface area contributed by atoms with Gasteiger partial charge in [-0.15, -0.1) is 11.3 Å². The fourth-order valence-corrected chi connectivity index (χ4v) is 3.02. The van der Waals surface area contributed by atoms with E-state index >= 15 is 0 Å². The number of rotatable bonds is 3. The Morgan fingerprint density at radius 2 is 2.11 bits per heavy atom. The summed E-state index contributed by atoms with van der Waals surface area (Å²) in [6.07, 6.45) is 1.92. The predicted octanol–water partition coefficient (Wildman–Crippen LogP) is 3.31. The molecule has 1 atom stereocenters. The summed E-state index contributed by atoms with van der Waals surface area (Å²) in [6.45, 7) is 2.01. The van der Waals surface area contributed by atoms with E-state index in [9.17, 15) is 0 Å². The Morgan fingerprint density at radius 3 is 2.84 bits per heavy atom. The van der Waals surface area contributed by atoms with Crippen molar-refractivity contribution in [2.24, 2.45) is 0 Å². The second-order valence-corrected chi connectivity index (χ2v) is 5.45. The van der Waals surface area contributed by atoms with Crippen molar-refractivity contribution in [2.75, 3.05) is 7.05 Å². The van der Waals surface area contributed by atoms with E-state index in [1.165, 1.54) is 15.8 Å². The van der Waals surface area contributed by atoms with Gasteiger partial charge < -0.3 is 5.32 Å². The van der Waals surface area contributed by atoms with Crippen LogP contribution in [0.5, 0.6) is 0 Å². The maximum atomic E-state index is 4.53. The van der Waals surface area contributed by atoms with Crippen molar-refractivity contribution in [3.8, 4) is 0 Å². The molecule has 1 aromatic carbocycles. The van der Waals surface area contributed by atoms with Crippen LogP contribution in [0.2, 0.25) is 0 Å². The smallest absolute Gasteiger partial charge is 0.0794 e. The lowest BCUT2D eigenvalue weighted by Crippen LogP contribution is -2.16. The number of aromatic nitrogens is 2. The van der Waals surface area contributed by atoms with Crippen molar-refractivity contribution < 1.29 is 0 Å². The number of aryl methyl sites for hydroxylation is 1. The number of benzene rings is 1. The third-order valence-corrected chi connectivity index (χ3v) is 4.05. The van der Waals surface area contributed by atoms with Crippen LogP contribution in [-0.4, -0.2) is 17.0 Å². The Balaban J connectivity index is 2.07. The molecule has 3 rings (SSSR count). The molecule has 0 saturated carbocycles. The highest BCUT2D eigenvalue weighted by molar-refractivity contribution is 7.09. The van der Waals surface area contributed by atoms with E-state index in [4.69, 9.17) is 0 Å². The number of nitrogens with zero attached hydrogens (tertiary/aromatic N) is 2. The van der Waals surface area contributed by atoms with Crippen molar-refractivity contribution >= 4 is 22.2 Å². The fraction of sp³-hybridized carbons (Fsp3) is 0.200. The van der Waals surface area contributed by atoms with Gasteiger partial charge in [0.05, 0.1) is 17.1 Å². The normalized spacial score (nSPS) is 12.7. The molecule has 3 aromatic rings. The fourth-order valence-electron chi connectivity index (χ4n) is 2.27. The van der Waals surface area contributed by atoms with Crippen LogP contribution in [-0.2, 0) is 0 Å². The Bertz CT molecular complexity index is 692. The largest absolute Gasteiger partial charge is 0.309 e. The Kier molecular flexibility index (Phi) is 3.27. The zero-order chi connectivity index (χ0) is 13.2. The highest BCUT2D eigenvalue weighted by Gasteiger charge is 2.13. The minimum atomic E-state index is 0.193. The van der Waals surface area contributed by atoms with Gasteiger partial charge in [0.1, 0.15) is 0 Å². The molecule has 2 aromatic heterocycles. The van der Waals surface area contributed by atoms with Gasteiger partial charge in [-0.1, -0.05) is 12.1 Å². The summed E-state index contributed by atoms with van der Waals surface area (Å²) >= 11 is 1.67. The van der Waals surface area contributed by atoms with Gasteiger partial charge in [-0.2, -0.15) is 0 Å². The molecule has 0 aliphatic rings. The first kappa shape index (κ1) is 12.3. The van der Waals surface area contributed by atoms with Crippen LogP contribution in [0.25, 0.3) is 10.9 Å². The highest BCUT2D eigenvalue weighted by Crippen LogP contribution is 2.26. The molecule has 0 fully saturated rings. The monoisotopic (exact) mass is 269 g/mol. The topological polar surface area (TPSA) is 37.8 Å². The zero-order valence-electron chi connectivity index (χ0n) is 10.9. The standard InChI is InChI=1S/C15H15N3S/c1-10-3-4-11-7-12(5-6-13(11)18-10)15(16-2)14-8-17-9-19-14/h3-9,15-16H,1-2H3. The number of nitrogens with one attached hydrogen (secondary N) is 1. The maximum Gasteiger partial charge on any atom is 0.0794 e. The van der Waals surface area contributed by atoms with Crippen LogP contribution in [0.3, 0.4) is 0 Å². The highest BCUT2D eigenvalue weighted by atomic mass is 32.1. The molecule has 0 amide bonds. The van der Waals surface area contributed by atoms with Crippen molar-refractivity contribution in [3.63, 3.8) is 0 Å². The molecule has 0 aliphatic heterocycles. The number of fused-ring (bicyclic) bond motifs is 1. The molecule has 96 valence electrons. The Morgan fingerprint density at radius 1 is 1.21 bits per heavy atom. The van der Waals surface area contributed by atoms with E-state index in [0.29, 0.717) is 0 Å². The van der Waals surface area contributed by atoms with Crippen LogP contribution in [0, 0.1) is 6.92 Å². The van der Waals surface area contributed by atoms with Gasteiger partial charge in [-0.25, -0.2) is 0 Å². The quantitative estimate of drug-likeness (QED) is 0.792. The van der Waals surface area contributed by atoms with Gasteiger partial charge in [0.25, 0.3) is 0 Å². The van der Waals surface area contributed by atoms with Crippen LogP contribution < -0.4 is 5.32 Å². The summed E-state index contributed by atoms with van der Waals surface area (Å²) in [4.78, 5) is 9.92. The van der Waals surface area contributed by atoms with Crippen LogP contribution in [0.1, 0.15) is 22.2 Å². The SMILES string of the molecule is CNC(c1ccc2nc(C)ccc2c1)c1cncs1. The Hall–Kier alpha value is -1.78. The molecule has 0 bridgehead atoms. The summed E-state index contributed by atoms with van der Waals surface area (Å²) in [5.74, 6) is 0. The van der Waals surface area contributed by atoms with Crippen molar-refractivity contribution in [2.45, 2.75) is 13.0 Å². The summed E-state index contributed by atoms with van der Waals surface area (Å²) < 4.78 is 0. The average molecular weight is 269 g/mol. The number of hydrogen-bond donors (Lipinski definition) is 1. The molecule has 1 N–H and O–H groups in total. The molecule has 0 aliphatic carbocycles. The summed E-state index contributed by atoms with van der Waals surface area (Å²) in [6, 6.07) is 10.8. The van der Waals surface area contributed by atoms with E-state index in [1.807, 2.05) is 31.7 Å². The van der Waals surface area contributed by atoms with Gasteiger partial charge >= 0.3 is 0 Å². The molecule has 0 spiro atoms. The van der Waals surface area contributed by atoms with Gasteiger partial charge in [0.2, 0.25) is 0 Å². The number of thiazole rings is 1. The molecular formula is C15H15N3S. The van der Waals surface area contributed by atoms with Crippen LogP contribution >= 0.6 is 11.3 Å². The predicted molar refractivity (Wildman–Crippen MR) is 79.5 cm³/mol. The average Bonchev–Trinajstić information content (AvgIpc) is 2.93. The van der Waals surface area contributed by atoms with E-state index in [-0.39, 0.29) is 6.04 Å². The van der Waals surface area contributed by atoms with E-state index in [1.54, 1.807) is 11.3 Å². The molecule has 3 nitrogen and oxygen atoms in total. The lowest BCUT2D eigenvalue weighted by atomic mass is 10.0. The number of pyridine rings is 1. The van der Waals surface area contributed by atoms with Gasteiger partial charge in [-0.05, 0) is 37.7 Å². The second kappa shape index (κ2) is 5.07. The van der Waals surface area contributed by atoms with Crippen LogP contribution in [0.4, 0.5) is 0 Å². The second-order valence-electron chi connectivity index (χ2n) is 4.53. The first-order valence-corrected chi connectivity index (χ1v) is 7.09. The zero-order valence-corrected chi connectivity index (χ0v) is 11.7. The third kappa shape index (κ3) is 2.37. The summed E-state index contributed by atoms with van der Waals surface area (Å²) in [5, 5.41) is 4.52. The van der Waals surface area contributed by atoms with Gasteiger partial charge in [0, 0.05) is 22.2 Å². The summed E-state index contributed by atoms with van der Waals surface area (Å²) in [7, 11) is 1.97. The van der Waals surface area contributed by atoms with E-state index < -0.39 is 0 Å². The third-order valence-electron chi connectivity index (χ3n) is 3.21. The first-order valence-electron chi connectivity index (χ1n) is 6.21. The van der Waals surface area contributed by atoms with Crippen molar-refractivity contribution in [1.82, 2.24) is 15.3 Å². The van der Waals surface area contributed by atoms with E-state index in [0.717, 1.165) is 11.2 Å². The van der Waals surface area contributed by atoms with Gasteiger partial charge in [0.15, 0.2) is 0 Å². The van der Waals surface area contributed by atoms with Gasteiger partial charge in [-0.3, -0.25) is 9.97 Å².